The van der Waals surface area contributed by atoms with Gasteiger partial charge in [-0.2, -0.15) is 13.2 Å². The molecule has 0 aliphatic carbocycles. The molecule has 1 aromatic heterocycles. The fraction of sp³-hybridized carbons (Fsp3) is 0.250. The first-order valence-corrected chi connectivity index (χ1v) is 6.11. The van der Waals surface area contributed by atoms with Crippen LogP contribution in [0.15, 0.2) is 30.5 Å². The number of alkyl halides is 4. The zero-order valence-electron chi connectivity index (χ0n) is 11.1. The van der Waals surface area contributed by atoms with Crippen LogP contribution in [0.25, 0.3) is 5.69 Å². The van der Waals surface area contributed by atoms with Crippen LogP contribution in [0.3, 0.4) is 0 Å². The van der Waals surface area contributed by atoms with Gasteiger partial charge in [-0.3, -0.25) is 5.32 Å². The number of para-hydroxylation sites is 1. The van der Waals surface area contributed by atoms with E-state index in [1.165, 1.54) is 18.2 Å². The monoisotopic (exact) mass is 317 g/mol. The molecule has 0 saturated carbocycles. The summed E-state index contributed by atoms with van der Waals surface area (Å²) in [5, 5.41) is 11.5. The van der Waals surface area contributed by atoms with E-state index in [9.17, 15) is 22.4 Å². The Balaban J connectivity index is 2.20. The lowest BCUT2D eigenvalue weighted by atomic mass is 10.2. The van der Waals surface area contributed by atoms with Crippen molar-refractivity contribution in [2.45, 2.75) is 6.18 Å². The Morgan fingerprint density at radius 1 is 1.27 bits per heavy atom. The highest BCUT2D eigenvalue weighted by Gasteiger charge is 2.34. The summed E-state index contributed by atoms with van der Waals surface area (Å²) in [6, 6.07) is 4.09. The van der Waals surface area contributed by atoms with Gasteiger partial charge < -0.3 is 5.32 Å². The Kier molecular flexibility index (Phi) is 4.59. The molecule has 118 valence electrons. The van der Waals surface area contributed by atoms with Gasteiger partial charge in [0.25, 0.3) is 0 Å². The van der Waals surface area contributed by atoms with Gasteiger partial charge in [-0.05, 0) is 12.1 Å². The van der Waals surface area contributed by atoms with Crippen LogP contribution in [0.4, 0.5) is 28.2 Å². The Labute approximate surface area is 122 Å². The second-order valence-corrected chi connectivity index (χ2v) is 4.13. The van der Waals surface area contributed by atoms with E-state index in [2.05, 4.69) is 20.9 Å². The van der Waals surface area contributed by atoms with E-state index < -0.39 is 24.4 Å². The highest BCUT2D eigenvalue weighted by Crippen LogP contribution is 2.33. The minimum absolute atomic E-state index is 0.0617. The fourth-order valence-electron chi connectivity index (χ4n) is 1.67. The van der Waals surface area contributed by atoms with Gasteiger partial charge in [-0.15, -0.1) is 5.10 Å². The highest BCUT2D eigenvalue weighted by atomic mass is 19.4. The lowest BCUT2D eigenvalue weighted by molar-refractivity contribution is -0.137. The molecule has 2 aromatic rings. The first kappa shape index (κ1) is 15.7. The van der Waals surface area contributed by atoms with Crippen molar-refractivity contribution in [3.8, 4) is 5.69 Å². The van der Waals surface area contributed by atoms with E-state index in [0.717, 1.165) is 16.9 Å². The Morgan fingerprint density at radius 2 is 2.00 bits per heavy atom. The van der Waals surface area contributed by atoms with Crippen LogP contribution in [0.5, 0.6) is 0 Å². The third-order valence-corrected chi connectivity index (χ3v) is 2.57. The fourth-order valence-corrected chi connectivity index (χ4v) is 1.67. The molecule has 2 rings (SSSR count). The summed E-state index contributed by atoms with van der Waals surface area (Å²) in [6.07, 6.45) is -3.42. The number of hydrogen-bond donors (Lipinski definition) is 2. The predicted molar refractivity (Wildman–Crippen MR) is 69.4 cm³/mol. The molecule has 6 nitrogen and oxygen atoms in total. The molecular weight excluding hydrogens is 306 g/mol. The van der Waals surface area contributed by atoms with Crippen LogP contribution in [-0.4, -0.2) is 34.2 Å². The molecule has 2 N–H and O–H groups in total. The maximum atomic E-state index is 12.9. The number of nitrogens with one attached hydrogen (secondary N) is 2. The normalized spacial score (nSPS) is 11.3. The van der Waals surface area contributed by atoms with Gasteiger partial charge in [0.2, 0.25) is 0 Å². The smallest absolute Gasteiger partial charge is 0.335 e. The first-order valence-electron chi connectivity index (χ1n) is 6.11. The molecule has 0 unspecified atom stereocenters. The molecule has 0 fully saturated rings. The van der Waals surface area contributed by atoms with Crippen LogP contribution in [0, 0.1) is 0 Å². The van der Waals surface area contributed by atoms with Crippen LogP contribution < -0.4 is 10.6 Å². The zero-order valence-corrected chi connectivity index (χ0v) is 11.1. The highest BCUT2D eigenvalue weighted by molar-refractivity contribution is 5.87. The van der Waals surface area contributed by atoms with Crippen molar-refractivity contribution in [2.75, 3.05) is 18.5 Å². The van der Waals surface area contributed by atoms with Crippen molar-refractivity contribution in [3.05, 3.63) is 36.0 Å². The second kappa shape index (κ2) is 6.41. The number of nitrogens with zero attached hydrogens (tertiary/aromatic N) is 3. The molecule has 0 spiro atoms. The predicted octanol–water partition coefficient (Wildman–Crippen LogP) is 2.38. The number of halogens is 4. The molecule has 22 heavy (non-hydrogen) atoms. The van der Waals surface area contributed by atoms with Crippen molar-refractivity contribution in [1.29, 1.82) is 0 Å². The quantitative estimate of drug-likeness (QED) is 0.851. The number of aromatic nitrogens is 3. The average Bonchev–Trinajstić information content (AvgIpc) is 2.92. The third-order valence-electron chi connectivity index (χ3n) is 2.57. The Bertz CT molecular complexity index is 655. The minimum atomic E-state index is -4.55. The van der Waals surface area contributed by atoms with Gasteiger partial charge in [-0.25, -0.2) is 13.9 Å². The van der Waals surface area contributed by atoms with Crippen molar-refractivity contribution in [3.63, 3.8) is 0 Å². The lowest BCUT2D eigenvalue weighted by Gasteiger charge is -2.11. The standard InChI is InChI=1S/C12H11F4N5O/c13-5-6-17-11(22)18-10-7-21(20-19-10)9-4-2-1-3-8(9)12(14,15)16/h1-4,7H,5-6H2,(H2,17,18,22). The second-order valence-electron chi connectivity index (χ2n) is 4.13. The van der Waals surface area contributed by atoms with Crippen molar-refractivity contribution < 1.29 is 22.4 Å². The van der Waals surface area contributed by atoms with Gasteiger partial charge in [0.15, 0.2) is 5.82 Å². The lowest BCUT2D eigenvalue weighted by Crippen LogP contribution is -2.30. The van der Waals surface area contributed by atoms with Crippen molar-refractivity contribution >= 4 is 11.8 Å². The van der Waals surface area contributed by atoms with Gasteiger partial charge in [0, 0.05) is 6.54 Å². The average molecular weight is 317 g/mol. The van der Waals surface area contributed by atoms with Gasteiger partial charge in [-0.1, -0.05) is 17.3 Å². The molecule has 0 aliphatic heterocycles. The molecule has 0 saturated heterocycles. The number of carbonyl (C=O) groups excluding carboxylic acids is 1. The molecule has 0 bridgehead atoms. The number of amides is 2. The van der Waals surface area contributed by atoms with E-state index >= 15 is 0 Å². The van der Waals surface area contributed by atoms with Gasteiger partial charge >= 0.3 is 12.2 Å². The summed E-state index contributed by atoms with van der Waals surface area (Å²) < 4.78 is 51.5. The van der Waals surface area contributed by atoms with Crippen LogP contribution in [0.2, 0.25) is 0 Å². The minimum Gasteiger partial charge on any atom is -0.335 e. The molecule has 0 atom stereocenters. The van der Waals surface area contributed by atoms with Gasteiger partial charge in [0.05, 0.1) is 17.4 Å². The molecule has 10 heteroatoms. The Morgan fingerprint density at radius 3 is 2.68 bits per heavy atom. The van der Waals surface area contributed by atoms with E-state index in [4.69, 9.17) is 0 Å². The van der Waals surface area contributed by atoms with Crippen LogP contribution >= 0.6 is 0 Å². The van der Waals surface area contributed by atoms with E-state index in [0.29, 0.717) is 0 Å². The molecule has 0 radical (unpaired) electrons. The largest absolute Gasteiger partial charge is 0.418 e. The maximum absolute atomic E-state index is 12.9. The summed E-state index contributed by atoms with van der Waals surface area (Å²) >= 11 is 0. The number of anilines is 1. The number of benzene rings is 1. The van der Waals surface area contributed by atoms with E-state index in [-0.39, 0.29) is 18.1 Å². The molecule has 1 aromatic carbocycles. The summed E-state index contributed by atoms with van der Waals surface area (Å²) in [6.45, 7) is -0.921. The molecule has 2 amide bonds. The van der Waals surface area contributed by atoms with Crippen LogP contribution in [-0.2, 0) is 6.18 Å². The number of hydrogen-bond acceptors (Lipinski definition) is 3. The van der Waals surface area contributed by atoms with E-state index in [1.54, 1.807) is 0 Å². The summed E-state index contributed by atoms with van der Waals surface area (Å²) in [5.74, 6) is -0.0617. The molecule has 1 heterocycles. The van der Waals surface area contributed by atoms with Crippen molar-refractivity contribution in [2.24, 2.45) is 0 Å². The third kappa shape index (κ3) is 3.71. The Hall–Kier alpha value is -2.65. The number of carbonyl (C=O) groups is 1. The summed E-state index contributed by atoms with van der Waals surface area (Å²) in [4.78, 5) is 11.3. The zero-order chi connectivity index (χ0) is 16.2. The van der Waals surface area contributed by atoms with Crippen molar-refractivity contribution in [1.82, 2.24) is 20.3 Å². The molecule has 0 aliphatic rings. The molecular formula is C12H11F4N5O. The van der Waals surface area contributed by atoms with Gasteiger partial charge in [0.1, 0.15) is 6.67 Å². The number of urea groups is 1. The topological polar surface area (TPSA) is 71.8 Å². The van der Waals surface area contributed by atoms with E-state index in [1.807, 2.05) is 0 Å². The summed E-state index contributed by atoms with van der Waals surface area (Å²) in [7, 11) is 0. The maximum Gasteiger partial charge on any atom is 0.418 e. The first-order chi connectivity index (χ1) is 10.4. The summed E-state index contributed by atoms with van der Waals surface area (Å²) in [5.41, 5.74) is -1.10. The number of rotatable bonds is 4. The van der Waals surface area contributed by atoms with Crippen LogP contribution in [0.1, 0.15) is 5.56 Å². The SMILES string of the molecule is O=C(NCCF)Nc1cn(-c2ccccc2C(F)(F)F)nn1.